The van der Waals surface area contributed by atoms with Gasteiger partial charge in [-0.2, -0.15) is 0 Å². The van der Waals surface area contributed by atoms with Gasteiger partial charge in [-0.05, 0) is 42.8 Å². The number of nitrogens with one attached hydrogen (secondary N) is 3. The van der Waals surface area contributed by atoms with Gasteiger partial charge in [0.05, 0.1) is 5.56 Å². The predicted octanol–water partition coefficient (Wildman–Crippen LogP) is 2.91. The molecule has 0 saturated carbocycles. The van der Waals surface area contributed by atoms with Crippen molar-refractivity contribution in [1.29, 1.82) is 0 Å². The number of carbonyl (C=O) groups excluding carboxylic acids is 2. The number of amides is 3. The third-order valence-corrected chi connectivity index (χ3v) is 3.15. The van der Waals surface area contributed by atoms with Gasteiger partial charge in [-0.1, -0.05) is 12.1 Å². The van der Waals surface area contributed by atoms with E-state index in [1.54, 1.807) is 6.07 Å². The molecule has 126 valence electrons. The van der Waals surface area contributed by atoms with Crippen molar-refractivity contribution in [3.8, 4) is 0 Å². The molecule has 0 saturated heterocycles. The third-order valence-electron chi connectivity index (χ3n) is 3.15. The first-order valence-electron chi connectivity index (χ1n) is 7.39. The Balaban J connectivity index is 1.64. The highest BCUT2D eigenvalue weighted by Gasteiger charge is 2.09. The summed E-state index contributed by atoms with van der Waals surface area (Å²) in [5.74, 6) is -1.46. The summed E-state index contributed by atoms with van der Waals surface area (Å²) < 4.78 is 26.1. The van der Waals surface area contributed by atoms with Gasteiger partial charge in [0.25, 0.3) is 5.91 Å². The van der Waals surface area contributed by atoms with Crippen molar-refractivity contribution < 1.29 is 18.4 Å². The lowest BCUT2D eigenvalue weighted by Crippen LogP contribution is -2.32. The van der Waals surface area contributed by atoms with Crippen molar-refractivity contribution in [2.24, 2.45) is 0 Å². The van der Waals surface area contributed by atoms with E-state index in [1.165, 1.54) is 42.5 Å². The summed E-state index contributed by atoms with van der Waals surface area (Å²) in [6.45, 7) is 0.620. The second-order valence-electron chi connectivity index (χ2n) is 4.98. The van der Waals surface area contributed by atoms with Gasteiger partial charge in [0, 0.05) is 18.8 Å². The van der Waals surface area contributed by atoms with E-state index in [0.717, 1.165) is 0 Å². The Morgan fingerprint density at radius 2 is 1.54 bits per heavy atom. The monoisotopic (exact) mass is 333 g/mol. The van der Waals surface area contributed by atoms with Gasteiger partial charge < -0.3 is 16.0 Å². The van der Waals surface area contributed by atoms with Crippen molar-refractivity contribution in [2.45, 2.75) is 6.42 Å². The van der Waals surface area contributed by atoms with Crippen LogP contribution in [-0.2, 0) is 0 Å². The summed E-state index contributed by atoms with van der Waals surface area (Å²) in [5, 5.41) is 7.73. The molecule has 2 rings (SSSR count). The summed E-state index contributed by atoms with van der Waals surface area (Å²) >= 11 is 0. The highest BCUT2D eigenvalue weighted by Crippen LogP contribution is 2.07. The molecule has 0 spiro atoms. The maximum absolute atomic E-state index is 13.4. The van der Waals surface area contributed by atoms with Gasteiger partial charge in [-0.25, -0.2) is 13.6 Å². The van der Waals surface area contributed by atoms with Crippen LogP contribution < -0.4 is 16.0 Å². The van der Waals surface area contributed by atoms with Gasteiger partial charge in [0.15, 0.2) is 0 Å². The minimum absolute atomic E-state index is 0.0143. The van der Waals surface area contributed by atoms with Crippen molar-refractivity contribution in [3.05, 3.63) is 65.7 Å². The second-order valence-corrected chi connectivity index (χ2v) is 4.98. The van der Waals surface area contributed by atoms with Crippen LogP contribution in [0.2, 0.25) is 0 Å². The van der Waals surface area contributed by atoms with E-state index in [4.69, 9.17) is 0 Å². The number of hydrogen-bond acceptors (Lipinski definition) is 2. The molecule has 0 fully saturated rings. The minimum Gasteiger partial charge on any atom is -0.352 e. The highest BCUT2D eigenvalue weighted by molar-refractivity contribution is 5.94. The van der Waals surface area contributed by atoms with E-state index < -0.39 is 17.8 Å². The largest absolute Gasteiger partial charge is 0.352 e. The fourth-order valence-electron chi connectivity index (χ4n) is 1.94. The van der Waals surface area contributed by atoms with E-state index in [-0.39, 0.29) is 11.4 Å². The van der Waals surface area contributed by atoms with Crippen LogP contribution in [0.25, 0.3) is 0 Å². The molecule has 0 aliphatic rings. The zero-order valence-electron chi connectivity index (χ0n) is 12.8. The third kappa shape index (κ3) is 5.35. The van der Waals surface area contributed by atoms with Gasteiger partial charge in [-0.15, -0.1) is 0 Å². The number of rotatable bonds is 6. The Hall–Kier alpha value is -2.96. The van der Waals surface area contributed by atoms with E-state index in [1.807, 2.05) is 0 Å². The molecular weight excluding hydrogens is 316 g/mol. The number of urea groups is 1. The summed E-state index contributed by atoms with van der Waals surface area (Å²) in [6, 6.07) is 10.7. The standard InChI is InChI=1S/C17H17F2N3O2/c18-12-6-8-13(9-7-12)22-17(24)21-11-3-10-20-16(23)14-4-1-2-5-15(14)19/h1-2,4-9H,3,10-11H2,(H,20,23)(H2,21,22,24). The number of anilines is 1. The van der Waals surface area contributed by atoms with Crippen LogP contribution in [0.15, 0.2) is 48.5 Å². The van der Waals surface area contributed by atoms with E-state index >= 15 is 0 Å². The smallest absolute Gasteiger partial charge is 0.319 e. The fourth-order valence-corrected chi connectivity index (χ4v) is 1.94. The summed E-state index contributed by atoms with van der Waals surface area (Å²) in [5.41, 5.74) is 0.460. The van der Waals surface area contributed by atoms with Gasteiger partial charge in [-0.3, -0.25) is 4.79 Å². The minimum atomic E-state index is -0.577. The van der Waals surface area contributed by atoms with Gasteiger partial charge >= 0.3 is 6.03 Å². The topological polar surface area (TPSA) is 70.2 Å². The molecule has 3 N–H and O–H groups in total. The van der Waals surface area contributed by atoms with E-state index in [0.29, 0.717) is 25.2 Å². The maximum atomic E-state index is 13.4. The summed E-state index contributed by atoms with van der Waals surface area (Å²) in [6.07, 6.45) is 0.483. The van der Waals surface area contributed by atoms with E-state index in [9.17, 15) is 18.4 Å². The van der Waals surface area contributed by atoms with Crippen LogP contribution in [-0.4, -0.2) is 25.0 Å². The Labute approximate surface area is 138 Å². The van der Waals surface area contributed by atoms with Crippen LogP contribution >= 0.6 is 0 Å². The van der Waals surface area contributed by atoms with Crippen LogP contribution in [0, 0.1) is 11.6 Å². The maximum Gasteiger partial charge on any atom is 0.319 e. The molecule has 0 aromatic heterocycles. The molecule has 5 nitrogen and oxygen atoms in total. The van der Waals surface area contributed by atoms with Crippen molar-refractivity contribution >= 4 is 17.6 Å². The SMILES string of the molecule is O=C(NCCCNC(=O)c1ccccc1F)Nc1ccc(F)cc1. The molecule has 2 aromatic rings. The Kier molecular flexibility index (Phi) is 6.24. The molecular formula is C17H17F2N3O2. The van der Waals surface area contributed by atoms with Crippen LogP contribution in [0.5, 0.6) is 0 Å². The fraction of sp³-hybridized carbons (Fsp3) is 0.176. The summed E-state index contributed by atoms with van der Waals surface area (Å²) in [4.78, 5) is 23.4. The molecule has 24 heavy (non-hydrogen) atoms. The number of hydrogen-bond donors (Lipinski definition) is 3. The van der Waals surface area contributed by atoms with Crippen LogP contribution in [0.4, 0.5) is 19.3 Å². The average molecular weight is 333 g/mol. The zero-order valence-corrected chi connectivity index (χ0v) is 12.8. The molecule has 7 heteroatoms. The summed E-state index contributed by atoms with van der Waals surface area (Å²) in [7, 11) is 0. The second kappa shape index (κ2) is 8.61. The average Bonchev–Trinajstić information content (AvgIpc) is 2.57. The Morgan fingerprint density at radius 1 is 0.875 bits per heavy atom. The first-order valence-corrected chi connectivity index (χ1v) is 7.39. The van der Waals surface area contributed by atoms with Crippen molar-refractivity contribution in [3.63, 3.8) is 0 Å². The Morgan fingerprint density at radius 3 is 2.25 bits per heavy atom. The lowest BCUT2D eigenvalue weighted by molar-refractivity contribution is 0.0949. The molecule has 0 unspecified atom stereocenters. The lowest BCUT2D eigenvalue weighted by Gasteiger charge is -2.08. The number of carbonyl (C=O) groups is 2. The number of benzene rings is 2. The van der Waals surface area contributed by atoms with Crippen LogP contribution in [0.1, 0.15) is 16.8 Å². The Bertz CT molecular complexity index is 705. The lowest BCUT2D eigenvalue weighted by atomic mass is 10.2. The molecule has 3 amide bonds. The first kappa shape index (κ1) is 17.4. The van der Waals surface area contributed by atoms with Crippen molar-refractivity contribution in [2.75, 3.05) is 18.4 Å². The predicted molar refractivity (Wildman–Crippen MR) is 86.8 cm³/mol. The van der Waals surface area contributed by atoms with Gasteiger partial charge in [0.1, 0.15) is 11.6 Å². The first-order chi connectivity index (χ1) is 11.6. The normalized spacial score (nSPS) is 10.1. The highest BCUT2D eigenvalue weighted by atomic mass is 19.1. The molecule has 0 bridgehead atoms. The number of halogens is 2. The van der Waals surface area contributed by atoms with E-state index in [2.05, 4.69) is 16.0 Å². The molecule has 0 aliphatic heterocycles. The molecule has 0 aliphatic carbocycles. The molecule has 0 atom stereocenters. The molecule has 2 aromatic carbocycles. The quantitative estimate of drug-likeness (QED) is 0.712. The molecule has 0 heterocycles. The van der Waals surface area contributed by atoms with Gasteiger partial charge in [0.2, 0.25) is 0 Å². The zero-order chi connectivity index (χ0) is 17.4. The molecule has 0 radical (unpaired) electrons. The van der Waals surface area contributed by atoms with Crippen LogP contribution in [0.3, 0.4) is 0 Å². The van der Waals surface area contributed by atoms with Crippen molar-refractivity contribution in [1.82, 2.24) is 10.6 Å².